The fraction of sp³-hybridized carbons (Fsp3) is 0.571. The van der Waals surface area contributed by atoms with E-state index in [4.69, 9.17) is 9.47 Å². The molecule has 14 nitrogen and oxygen atoms in total. The zero-order valence-electron chi connectivity index (χ0n) is 28.8. The Labute approximate surface area is 295 Å². The van der Waals surface area contributed by atoms with Gasteiger partial charge in [-0.3, -0.25) is 19.1 Å². The molecule has 0 bridgehead atoms. The van der Waals surface area contributed by atoms with Crippen LogP contribution in [0.25, 0.3) is 10.8 Å². The lowest BCUT2D eigenvalue weighted by Gasteiger charge is -2.32. The summed E-state index contributed by atoms with van der Waals surface area (Å²) in [5.74, 6) is -2.47. The first-order valence-corrected chi connectivity index (χ1v) is 18.7. The molecule has 0 spiro atoms. The molecule has 3 heterocycles. The summed E-state index contributed by atoms with van der Waals surface area (Å²) in [6.07, 6.45) is 5.03. The highest BCUT2D eigenvalue weighted by molar-refractivity contribution is 7.91. The number of nitrogens with one attached hydrogen (secondary N) is 3. The van der Waals surface area contributed by atoms with E-state index in [-0.39, 0.29) is 44.0 Å². The number of fused-ring (bicyclic) bond motifs is 3. The molecule has 1 aromatic carbocycles. The van der Waals surface area contributed by atoms with Crippen LogP contribution in [-0.4, -0.2) is 96.0 Å². The van der Waals surface area contributed by atoms with Crippen molar-refractivity contribution in [2.24, 2.45) is 17.8 Å². The minimum Gasteiger partial charge on any atom is -0.494 e. The summed E-state index contributed by atoms with van der Waals surface area (Å²) >= 11 is 0. The summed E-state index contributed by atoms with van der Waals surface area (Å²) in [7, 11) is -2.86. The summed E-state index contributed by atoms with van der Waals surface area (Å²) in [6, 6.07) is 4.88. The molecule has 51 heavy (non-hydrogen) atoms. The molecular formula is C35H44FN5O9S. The van der Waals surface area contributed by atoms with Crippen LogP contribution in [0.2, 0.25) is 0 Å². The highest BCUT2D eigenvalue weighted by Gasteiger charge is 2.64. The van der Waals surface area contributed by atoms with Crippen LogP contribution in [0.15, 0.2) is 42.6 Å². The molecule has 276 valence electrons. The van der Waals surface area contributed by atoms with Crippen LogP contribution < -0.4 is 24.8 Å². The van der Waals surface area contributed by atoms with Gasteiger partial charge < -0.3 is 30.1 Å². The molecular weight excluding hydrogens is 685 g/mol. The first-order chi connectivity index (χ1) is 24.2. The number of ether oxygens (including phenoxy) is 2. The molecule has 6 rings (SSSR count). The van der Waals surface area contributed by atoms with E-state index in [0.717, 1.165) is 5.39 Å². The Morgan fingerprint density at radius 2 is 1.88 bits per heavy atom. The molecule has 4 amide bonds. The van der Waals surface area contributed by atoms with Gasteiger partial charge in [-0.2, -0.15) is 0 Å². The van der Waals surface area contributed by atoms with Crippen molar-refractivity contribution in [3.63, 3.8) is 0 Å². The number of rotatable bonds is 8. The molecule has 0 unspecified atom stereocenters. The monoisotopic (exact) mass is 729 g/mol. The topological polar surface area (TPSA) is 193 Å². The fourth-order valence-electron chi connectivity index (χ4n) is 7.44. The number of alkyl halides is 1. The van der Waals surface area contributed by atoms with Gasteiger partial charge in [0.1, 0.15) is 40.9 Å². The number of halogens is 1. The lowest BCUT2D eigenvalue weighted by atomic mass is 9.88. The van der Waals surface area contributed by atoms with Gasteiger partial charge in [0.2, 0.25) is 27.7 Å². The van der Waals surface area contributed by atoms with Crippen molar-refractivity contribution in [2.75, 3.05) is 20.3 Å². The molecule has 2 aromatic rings. The number of allylic oxidation sites excluding steroid dienone is 1. The largest absolute Gasteiger partial charge is 0.494 e. The van der Waals surface area contributed by atoms with Crippen LogP contribution in [-0.2, 0) is 24.4 Å². The van der Waals surface area contributed by atoms with Gasteiger partial charge in [0.15, 0.2) is 0 Å². The number of aromatic nitrogens is 1. The Balaban J connectivity index is 1.34. The van der Waals surface area contributed by atoms with Gasteiger partial charge >= 0.3 is 6.09 Å². The van der Waals surface area contributed by atoms with E-state index >= 15 is 0 Å². The third kappa shape index (κ3) is 7.06. The highest BCUT2D eigenvalue weighted by Crippen LogP contribution is 2.48. The van der Waals surface area contributed by atoms with Crippen molar-refractivity contribution in [1.82, 2.24) is 25.2 Å². The lowest BCUT2D eigenvalue weighted by molar-refractivity contribution is -0.142. The zero-order valence-corrected chi connectivity index (χ0v) is 29.6. The smallest absolute Gasteiger partial charge is 0.405 e. The number of sulfonamides is 1. The number of carbonyl (C=O) groups is 4. The quantitative estimate of drug-likeness (QED) is 0.294. The minimum absolute atomic E-state index is 0.0361. The normalized spacial score (nSPS) is 30.5. The molecule has 4 aliphatic rings. The van der Waals surface area contributed by atoms with Crippen molar-refractivity contribution >= 4 is 44.6 Å². The van der Waals surface area contributed by atoms with E-state index in [2.05, 4.69) is 20.3 Å². The van der Waals surface area contributed by atoms with Crippen molar-refractivity contribution in [3.8, 4) is 11.6 Å². The van der Waals surface area contributed by atoms with Crippen LogP contribution in [0.3, 0.4) is 0 Å². The van der Waals surface area contributed by atoms with E-state index in [1.54, 1.807) is 25.1 Å². The number of amides is 4. The Kier molecular flexibility index (Phi) is 9.92. The van der Waals surface area contributed by atoms with Crippen LogP contribution in [0.4, 0.5) is 9.18 Å². The molecule has 1 saturated heterocycles. The van der Waals surface area contributed by atoms with Gasteiger partial charge in [0, 0.05) is 23.1 Å². The van der Waals surface area contributed by atoms with Crippen LogP contribution in [0, 0.1) is 17.8 Å². The third-order valence-electron chi connectivity index (χ3n) is 10.8. The van der Waals surface area contributed by atoms with Crippen molar-refractivity contribution in [2.45, 2.75) is 87.3 Å². The minimum atomic E-state index is -4.38. The maximum atomic E-state index is 14.3. The summed E-state index contributed by atoms with van der Waals surface area (Å²) in [5.41, 5.74) is -1.66. The molecule has 2 aliphatic heterocycles. The number of pyridine rings is 1. The lowest BCUT2D eigenvalue weighted by Crippen LogP contribution is -2.59. The molecule has 4 N–H and O–H groups in total. The number of carboxylic acid groups (broad SMARTS) is 1. The number of hydrogen-bond donors (Lipinski definition) is 4. The van der Waals surface area contributed by atoms with Gasteiger partial charge in [-0.15, -0.1) is 0 Å². The molecule has 0 radical (unpaired) electrons. The predicted octanol–water partition coefficient (Wildman–Crippen LogP) is 3.06. The molecule has 7 atom stereocenters. The van der Waals surface area contributed by atoms with Gasteiger partial charge in [-0.05, 0) is 56.4 Å². The van der Waals surface area contributed by atoms with Crippen molar-refractivity contribution in [3.05, 3.63) is 42.6 Å². The molecule has 1 aromatic heterocycles. The van der Waals surface area contributed by atoms with Crippen LogP contribution in [0.5, 0.6) is 11.6 Å². The predicted molar refractivity (Wildman–Crippen MR) is 183 cm³/mol. The second kappa shape index (κ2) is 13.9. The summed E-state index contributed by atoms with van der Waals surface area (Å²) in [6.45, 7) is 2.55. The second-order valence-electron chi connectivity index (χ2n) is 14.4. The standard InChI is InChI=1S/C35H44FN5O9S/c1-20-8-4-5-9-22-16-35(22,32(44)40-51(47,48)34(19-36)12-13-34)39-29(42)26-15-23(18-41(26)31(43)28(21(2)14-20)38-33(45)46)50-30-25-11-7-6-10-24(25)27(49-3)17-37-30/h5-7,9-11,17,20-23,26,28,38H,4,8,12-16,18-19H2,1-3H3,(H,39,42)(H,40,44)(H,45,46)/t20-,21-,22-,23-,26+,28+,35-/m1/s1. The van der Waals surface area contributed by atoms with Gasteiger partial charge in [0.05, 0.1) is 19.9 Å². The first kappa shape index (κ1) is 36.3. The van der Waals surface area contributed by atoms with E-state index in [0.29, 0.717) is 30.4 Å². The summed E-state index contributed by atoms with van der Waals surface area (Å²) < 4.78 is 52.1. The third-order valence-corrected chi connectivity index (χ3v) is 12.9. The Hall–Kier alpha value is -4.47. The zero-order chi connectivity index (χ0) is 36.7. The van der Waals surface area contributed by atoms with Gasteiger partial charge in [0.25, 0.3) is 5.91 Å². The molecule has 3 fully saturated rings. The average molecular weight is 730 g/mol. The van der Waals surface area contributed by atoms with E-state index in [9.17, 15) is 37.1 Å². The Morgan fingerprint density at radius 1 is 1.16 bits per heavy atom. The van der Waals surface area contributed by atoms with Crippen molar-refractivity contribution in [1.29, 1.82) is 0 Å². The number of carbonyl (C=O) groups excluding carboxylic acids is 3. The Bertz CT molecular complexity index is 1850. The molecule has 16 heteroatoms. The SMILES string of the molecule is COc1cnc(O[C@@H]2C[C@H]3C(=O)N[C@]4(C(=O)NS(=O)(=O)C5(CF)CC5)C[C@H]4C=CCC[C@@H](C)C[C@@H](C)[C@H](NC(=O)O)C(=O)N3C2)c2ccccc12. The first-order valence-electron chi connectivity index (χ1n) is 17.2. The number of methoxy groups -OCH3 is 1. The van der Waals surface area contributed by atoms with Gasteiger partial charge in [-0.1, -0.05) is 44.2 Å². The second-order valence-corrected chi connectivity index (χ2v) is 16.5. The van der Waals surface area contributed by atoms with Crippen molar-refractivity contribution < 1.29 is 46.6 Å². The number of benzene rings is 1. The van der Waals surface area contributed by atoms with E-state index in [1.807, 2.05) is 25.1 Å². The summed E-state index contributed by atoms with van der Waals surface area (Å²) in [4.78, 5) is 60.0. The fourth-order valence-corrected chi connectivity index (χ4v) is 8.86. The van der Waals surface area contributed by atoms with Gasteiger partial charge in [-0.25, -0.2) is 22.6 Å². The van der Waals surface area contributed by atoms with Crippen LogP contribution >= 0.6 is 0 Å². The highest BCUT2D eigenvalue weighted by atomic mass is 32.2. The molecule has 2 saturated carbocycles. The maximum absolute atomic E-state index is 14.3. The summed E-state index contributed by atoms with van der Waals surface area (Å²) in [5, 5.41) is 16.2. The Morgan fingerprint density at radius 3 is 2.55 bits per heavy atom. The average Bonchev–Trinajstić information content (AvgIpc) is 4.00. The van der Waals surface area contributed by atoms with E-state index < -0.39 is 80.8 Å². The molecule has 2 aliphatic carbocycles. The number of hydrogen-bond acceptors (Lipinski definition) is 9. The van der Waals surface area contributed by atoms with Crippen LogP contribution in [0.1, 0.15) is 58.8 Å². The number of nitrogens with zero attached hydrogens (tertiary/aromatic N) is 2. The maximum Gasteiger partial charge on any atom is 0.405 e. The van der Waals surface area contributed by atoms with E-state index in [1.165, 1.54) is 18.2 Å².